The minimum Gasteiger partial charge on any atom is -0.493 e. The average Bonchev–Trinajstić information content (AvgIpc) is 3.32. The molecular weight excluding hydrogens is 476 g/mol. The van der Waals surface area contributed by atoms with E-state index in [2.05, 4.69) is 53.3 Å². The largest absolute Gasteiger partial charge is 0.493 e. The number of hydrogen-bond acceptors (Lipinski definition) is 5. The van der Waals surface area contributed by atoms with Crippen LogP contribution in [0.1, 0.15) is 57.9 Å². The quantitative estimate of drug-likeness (QED) is 0.410. The fourth-order valence-corrected chi connectivity index (χ4v) is 6.34. The lowest BCUT2D eigenvalue weighted by Crippen LogP contribution is -2.52. The molecule has 204 valence electrons. The van der Waals surface area contributed by atoms with Crippen LogP contribution in [0.5, 0.6) is 11.5 Å². The van der Waals surface area contributed by atoms with Crippen LogP contribution in [0.15, 0.2) is 36.4 Å². The van der Waals surface area contributed by atoms with E-state index in [-0.39, 0.29) is 5.91 Å². The monoisotopic (exact) mass is 518 g/mol. The first-order valence-corrected chi connectivity index (χ1v) is 14.0. The zero-order valence-electron chi connectivity index (χ0n) is 23.5. The predicted octanol–water partition coefficient (Wildman–Crippen LogP) is 5.86. The van der Waals surface area contributed by atoms with E-state index in [0.29, 0.717) is 18.0 Å². The van der Waals surface area contributed by atoms with Gasteiger partial charge in [0.1, 0.15) is 0 Å². The van der Waals surface area contributed by atoms with Crippen molar-refractivity contribution in [2.45, 2.75) is 64.5 Å². The van der Waals surface area contributed by atoms with Crippen LogP contribution >= 0.6 is 0 Å². The number of benzene rings is 2. The van der Waals surface area contributed by atoms with Gasteiger partial charge in [0.15, 0.2) is 11.5 Å². The van der Waals surface area contributed by atoms with Crippen molar-refractivity contribution < 1.29 is 14.3 Å². The molecule has 1 aromatic heterocycles. The lowest BCUT2D eigenvalue weighted by Gasteiger charge is -2.42. The van der Waals surface area contributed by atoms with E-state index in [9.17, 15) is 4.79 Å². The number of carbonyl (C=O) groups excluding carboxylic acids is 1. The Labute approximate surface area is 226 Å². The maximum Gasteiger partial charge on any atom is 0.219 e. The summed E-state index contributed by atoms with van der Waals surface area (Å²) in [6.07, 6.45) is 4.78. The molecule has 1 saturated heterocycles. The fourth-order valence-electron chi connectivity index (χ4n) is 6.34. The van der Waals surface area contributed by atoms with Gasteiger partial charge in [0.25, 0.3) is 0 Å². The molecule has 1 aliphatic heterocycles. The second-order valence-electron chi connectivity index (χ2n) is 11.1. The zero-order valence-corrected chi connectivity index (χ0v) is 23.5. The molecule has 0 bridgehead atoms. The minimum absolute atomic E-state index is 0.202. The predicted molar refractivity (Wildman–Crippen MR) is 154 cm³/mol. The van der Waals surface area contributed by atoms with Gasteiger partial charge in [-0.15, -0.1) is 0 Å². The molecule has 0 radical (unpaired) electrons. The van der Waals surface area contributed by atoms with Gasteiger partial charge in [0.05, 0.1) is 19.9 Å². The molecule has 0 unspecified atom stereocenters. The van der Waals surface area contributed by atoms with Crippen LogP contribution in [0.4, 0.5) is 5.69 Å². The summed E-state index contributed by atoms with van der Waals surface area (Å²) in [6, 6.07) is 14.0. The van der Waals surface area contributed by atoms with E-state index in [1.807, 2.05) is 17.0 Å². The van der Waals surface area contributed by atoms with Crippen LogP contribution < -0.4 is 14.8 Å². The molecular formula is C31H42N4O3. The van der Waals surface area contributed by atoms with Crippen molar-refractivity contribution in [3.8, 4) is 22.8 Å². The van der Waals surface area contributed by atoms with Gasteiger partial charge in [-0.2, -0.15) is 0 Å². The van der Waals surface area contributed by atoms with Gasteiger partial charge < -0.3 is 24.7 Å². The van der Waals surface area contributed by atoms with Crippen molar-refractivity contribution in [3.63, 3.8) is 0 Å². The number of nitrogens with zero attached hydrogens (tertiary/aromatic N) is 2. The smallest absolute Gasteiger partial charge is 0.219 e. The first-order chi connectivity index (χ1) is 18.4. The van der Waals surface area contributed by atoms with Crippen LogP contribution in [-0.2, 0) is 4.79 Å². The molecule has 2 aliphatic rings. The second-order valence-corrected chi connectivity index (χ2v) is 11.1. The van der Waals surface area contributed by atoms with E-state index < -0.39 is 0 Å². The molecule has 0 spiro atoms. The maximum absolute atomic E-state index is 11.6. The number of nitrogens with one attached hydrogen (secondary N) is 2. The van der Waals surface area contributed by atoms with Gasteiger partial charge in [-0.3, -0.25) is 9.69 Å². The summed E-state index contributed by atoms with van der Waals surface area (Å²) < 4.78 is 11.0. The van der Waals surface area contributed by atoms with Crippen LogP contribution in [0.3, 0.4) is 0 Å². The van der Waals surface area contributed by atoms with Crippen molar-refractivity contribution >= 4 is 22.5 Å². The number of aromatic amines is 1. The summed E-state index contributed by atoms with van der Waals surface area (Å²) in [5.41, 5.74) is 5.90. The van der Waals surface area contributed by atoms with Crippen molar-refractivity contribution in [2.24, 2.45) is 0 Å². The first kappa shape index (κ1) is 26.4. The highest BCUT2D eigenvalue weighted by atomic mass is 16.5. The van der Waals surface area contributed by atoms with Crippen molar-refractivity contribution in [2.75, 3.05) is 45.7 Å². The SMILES string of the molecule is COc1ccc(-c2[nH]c3ccc(NC4CCC(N5CCN(C(C)=O)CC5)CC4)cc3c2C(C)C)cc1OC. The normalized spacial score (nSPS) is 20.6. The van der Waals surface area contributed by atoms with E-state index in [0.717, 1.165) is 54.5 Å². The Balaban J connectivity index is 1.29. The third-order valence-electron chi connectivity index (χ3n) is 8.43. The molecule has 5 rings (SSSR count). The molecule has 0 atom stereocenters. The summed E-state index contributed by atoms with van der Waals surface area (Å²) >= 11 is 0. The van der Waals surface area contributed by atoms with Gasteiger partial charge in [0.2, 0.25) is 5.91 Å². The number of amides is 1. The van der Waals surface area contributed by atoms with Crippen molar-refractivity contribution in [1.29, 1.82) is 0 Å². The molecule has 1 amide bonds. The molecule has 38 heavy (non-hydrogen) atoms. The standard InChI is InChI=1S/C31H42N4O3/c1-20(2)30-26-19-24(9-12-27(26)33-31(30)22-6-13-28(37-4)29(18-22)38-5)32-23-7-10-25(11-8-23)35-16-14-34(15-17-35)21(3)36/h6,9,12-13,18-20,23,25,32-33H,7-8,10-11,14-17H2,1-5H3. The average molecular weight is 519 g/mol. The highest BCUT2D eigenvalue weighted by molar-refractivity contribution is 5.93. The van der Waals surface area contributed by atoms with Crippen LogP contribution in [-0.4, -0.2) is 73.2 Å². The number of anilines is 1. The maximum atomic E-state index is 11.6. The van der Waals surface area contributed by atoms with Gasteiger partial charge >= 0.3 is 0 Å². The Morgan fingerprint density at radius 1 is 0.947 bits per heavy atom. The van der Waals surface area contributed by atoms with Gasteiger partial charge in [-0.05, 0) is 73.6 Å². The summed E-state index contributed by atoms with van der Waals surface area (Å²) in [5.74, 6) is 2.03. The number of piperazine rings is 1. The number of aromatic nitrogens is 1. The van der Waals surface area contributed by atoms with Gasteiger partial charge in [0, 0.05) is 67.3 Å². The van der Waals surface area contributed by atoms with Crippen molar-refractivity contribution in [3.05, 3.63) is 42.0 Å². The summed E-state index contributed by atoms with van der Waals surface area (Å²) in [7, 11) is 3.34. The first-order valence-electron chi connectivity index (χ1n) is 14.0. The Morgan fingerprint density at radius 3 is 2.29 bits per heavy atom. The number of hydrogen-bond donors (Lipinski definition) is 2. The molecule has 7 heteroatoms. The number of fused-ring (bicyclic) bond motifs is 1. The third kappa shape index (κ3) is 5.35. The fraction of sp³-hybridized carbons (Fsp3) is 0.516. The lowest BCUT2D eigenvalue weighted by atomic mass is 9.89. The topological polar surface area (TPSA) is 69.8 Å². The number of methoxy groups -OCH3 is 2. The Bertz CT molecular complexity index is 1270. The Kier molecular flexibility index (Phi) is 7.84. The second kappa shape index (κ2) is 11.3. The van der Waals surface area contributed by atoms with Crippen LogP contribution in [0.2, 0.25) is 0 Å². The number of H-pyrrole nitrogens is 1. The van der Waals surface area contributed by atoms with E-state index in [4.69, 9.17) is 9.47 Å². The van der Waals surface area contributed by atoms with Gasteiger partial charge in [-0.1, -0.05) is 13.8 Å². The summed E-state index contributed by atoms with van der Waals surface area (Å²) in [4.78, 5) is 19.9. The minimum atomic E-state index is 0.202. The summed E-state index contributed by atoms with van der Waals surface area (Å²) in [6.45, 7) is 9.94. The molecule has 2 aromatic carbocycles. The van der Waals surface area contributed by atoms with E-state index in [1.54, 1.807) is 21.1 Å². The highest BCUT2D eigenvalue weighted by Gasteiger charge is 2.29. The molecule has 7 nitrogen and oxygen atoms in total. The van der Waals surface area contributed by atoms with Crippen LogP contribution in [0.25, 0.3) is 22.2 Å². The Morgan fingerprint density at radius 2 is 1.66 bits per heavy atom. The van der Waals surface area contributed by atoms with Crippen LogP contribution in [0, 0.1) is 0 Å². The van der Waals surface area contributed by atoms with E-state index in [1.165, 1.54) is 42.3 Å². The molecule has 1 saturated carbocycles. The molecule has 3 aromatic rings. The zero-order chi connectivity index (χ0) is 26.8. The molecule has 2 heterocycles. The molecule has 1 aliphatic carbocycles. The van der Waals surface area contributed by atoms with Crippen molar-refractivity contribution in [1.82, 2.24) is 14.8 Å². The summed E-state index contributed by atoms with van der Waals surface area (Å²) in [5, 5.41) is 5.12. The number of ether oxygens (including phenoxy) is 2. The third-order valence-corrected chi connectivity index (χ3v) is 8.43. The van der Waals surface area contributed by atoms with E-state index >= 15 is 0 Å². The van der Waals surface area contributed by atoms with Gasteiger partial charge in [-0.25, -0.2) is 0 Å². The number of rotatable bonds is 7. The highest BCUT2D eigenvalue weighted by Crippen LogP contribution is 2.40. The number of carbonyl (C=O) groups is 1. The molecule has 2 N–H and O–H groups in total. The Hall–Kier alpha value is -3.19. The molecule has 2 fully saturated rings. The lowest BCUT2D eigenvalue weighted by molar-refractivity contribution is -0.131.